The molecule has 0 saturated carbocycles. The number of nitrogens with one attached hydrogen (secondary N) is 1. The van der Waals surface area contributed by atoms with Gasteiger partial charge in [-0.15, -0.1) is 0 Å². The molecule has 1 N–H and O–H groups in total. The molecule has 1 fully saturated rings. The van der Waals surface area contributed by atoms with Crippen molar-refractivity contribution in [3.63, 3.8) is 0 Å². The molecular weight excluding hydrogens is 306 g/mol. The van der Waals surface area contributed by atoms with E-state index in [1.165, 1.54) is 0 Å². The normalized spacial score (nSPS) is 22.1. The molecule has 6 nitrogen and oxygen atoms in total. The number of fused-ring (bicyclic) bond motifs is 1. The van der Waals surface area contributed by atoms with Crippen molar-refractivity contribution in [3.05, 3.63) is 34.0 Å². The van der Waals surface area contributed by atoms with Crippen molar-refractivity contribution >= 4 is 22.3 Å². The molecule has 1 aromatic heterocycles. The van der Waals surface area contributed by atoms with Crippen LogP contribution in [0.5, 0.6) is 0 Å². The molecular formula is C18H25N3O3. The van der Waals surface area contributed by atoms with Gasteiger partial charge in [0, 0.05) is 30.3 Å². The maximum Gasteiger partial charge on any atom is 0.278 e. The highest BCUT2D eigenvalue weighted by molar-refractivity contribution is 5.98. The molecule has 2 aromatic rings. The second-order valence-electron chi connectivity index (χ2n) is 7.74. The lowest BCUT2D eigenvalue weighted by Gasteiger charge is -2.37. The summed E-state index contributed by atoms with van der Waals surface area (Å²) < 4.78 is 5.81. The van der Waals surface area contributed by atoms with E-state index in [-0.39, 0.29) is 28.2 Å². The van der Waals surface area contributed by atoms with Crippen LogP contribution in [-0.4, -0.2) is 35.2 Å². The van der Waals surface area contributed by atoms with Gasteiger partial charge >= 0.3 is 0 Å². The average Bonchev–Trinajstić information content (AvgIpc) is 2.89. The largest absolute Gasteiger partial charge is 0.372 e. The molecule has 130 valence electrons. The number of non-ortho nitro benzene ring substituents is 1. The number of aromatic nitrogens is 1. The summed E-state index contributed by atoms with van der Waals surface area (Å²) in [6.07, 6.45) is 0.270. The number of nitrogens with zero attached hydrogens (tertiary/aromatic N) is 2. The van der Waals surface area contributed by atoms with Crippen LogP contribution in [0.25, 0.3) is 10.9 Å². The molecule has 1 aliphatic heterocycles. The summed E-state index contributed by atoms with van der Waals surface area (Å²) in [5.74, 6) is 0. The second-order valence-corrected chi connectivity index (χ2v) is 7.74. The van der Waals surface area contributed by atoms with E-state index in [1.807, 2.05) is 12.1 Å². The van der Waals surface area contributed by atoms with Gasteiger partial charge in [-0.2, -0.15) is 0 Å². The van der Waals surface area contributed by atoms with E-state index in [4.69, 9.17) is 4.74 Å². The van der Waals surface area contributed by atoms with Crippen LogP contribution in [0.4, 0.5) is 11.4 Å². The lowest BCUT2D eigenvalue weighted by molar-refractivity contribution is -0.383. The standard InChI is InChI=1S/C18H25N3O3/c1-11-9-20(10-12(2)24-11)15-7-6-14(21(22)23)13-8-16(18(3,4)5)19-17(13)15/h6-8,11-12,19H,9-10H2,1-5H3/t11-,12-/m1/s1. The summed E-state index contributed by atoms with van der Waals surface area (Å²) in [4.78, 5) is 16.8. The Morgan fingerprint density at radius 1 is 1.25 bits per heavy atom. The highest BCUT2D eigenvalue weighted by Gasteiger charge is 2.27. The van der Waals surface area contributed by atoms with Gasteiger partial charge in [-0.3, -0.25) is 10.1 Å². The van der Waals surface area contributed by atoms with Gasteiger partial charge in [0.05, 0.1) is 33.7 Å². The van der Waals surface area contributed by atoms with Gasteiger partial charge in [0.25, 0.3) is 5.69 Å². The van der Waals surface area contributed by atoms with Crippen molar-refractivity contribution in [1.82, 2.24) is 4.98 Å². The molecule has 0 unspecified atom stereocenters. The van der Waals surface area contributed by atoms with E-state index in [1.54, 1.807) is 6.07 Å². The maximum atomic E-state index is 11.4. The van der Waals surface area contributed by atoms with Crippen LogP contribution >= 0.6 is 0 Å². The molecule has 0 spiro atoms. The molecule has 2 atom stereocenters. The first-order valence-corrected chi connectivity index (χ1v) is 8.38. The quantitative estimate of drug-likeness (QED) is 0.667. The van der Waals surface area contributed by atoms with Gasteiger partial charge < -0.3 is 14.6 Å². The number of ether oxygens (including phenoxy) is 1. The Kier molecular flexibility index (Phi) is 4.03. The SMILES string of the molecule is C[C@@H]1CN(c2ccc([N+](=O)[O-])c3cc(C(C)(C)C)[nH]c23)C[C@@H](C)O1. The Morgan fingerprint density at radius 3 is 2.42 bits per heavy atom. The Labute approximate surface area is 141 Å². The monoisotopic (exact) mass is 331 g/mol. The van der Waals surface area contributed by atoms with Crippen molar-refractivity contribution in [3.8, 4) is 0 Å². The molecule has 0 bridgehead atoms. The number of benzene rings is 1. The van der Waals surface area contributed by atoms with Crippen LogP contribution in [0.15, 0.2) is 18.2 Å². The Balaban J connectivity index is 2.16. The predicted octanol–water partition coefficient (Wildman–Crippen LogP) is 3.99. The zero-order valence-electron chi connectivity index (χ0n) is 14.9. The summed E-state index contributed by atoms with van der Waals surface area (Å²) in [5.41, 5.74) is 2.90. The molecule has 2 heterocycles. The number of morpholine rings is 1. The fraction of sp³-hybridized carbons (Fsp3) is 0.556. The fourth-order valence-corrected chi connectivity index (χ4v) is 3.39. The summed E-state index contributed by atoms with van der Waals surface area (Å²) >= 11 is 0. The topological polar surface area (TPSA) is 71.4 Å². The van der Waals surface area contributed by atoms with Gasteiger partial charge in [0.1, 0.15) is 0 Å². The van der Waals surface area contributed by atoms with Crippen LogP contribution in [0.2, 0.25) is 0 Å². The number of H-pyrrole nitrogens is 1. The van der Waals surface area contributed by atoms with Crippen molar-refractivity contribution < 1.29 is 9.66 Å². The van der Waals surface area contributed by atoms with Gasteiger partial charge in [0.15, 0.2) is 0 Å². The van der Waals surface area contributed by atoms with Crippen LogP contribution in [0, 0.1) is 10.1 Å². The molecule has 24 heavy (non-hydrogen) atoms. The van der Waals surface area contributed by atoms with E-state index in [0.717, 1.165) is 30.0 Å². The predicted molar refractivity (Wildman–Crippen MR) is 95.9 cm³/mol. The minimum Gasteiger partial charge on any atom is -0.372 e. The number of hydrogen-bond acceptors (Lipinski definition) is 4. The third-order valence-electron chi connectivity index (χ3n) is 4.51. The van der Waals surface area contributed by atoms with Crippen LogP contribution in [0.1, 0.15) is 40.3 Å². The molecule has 6 heteroatoms. The number of nitro groups is 1. The Morgan fingerprint density at radius 2 is 1.88 bits per heavy atom. The summed E-state index contributed by atoms with van der Waals surface area (Å²) in [6, 6.07) is 5.39. The molecule has 0 amide bonds. The first-order valence-electron chi connectivity index (χ1n) is 8.38. The van der Waals surface area contributed by atoms with Gasteiger partial charge in [0.2, 0.25) is 0 Å². The van der Waals surface area contributed by atoms with Gasteiger partial charge in [-0.1, -0.05) is 20.8 Å². The van der Waals surface area contributed by atoms with Crippen molar-refractivity contribution in [2.45, 2.75) is 52.2 Å². The highest BCUT2D eigenvalue weighted by atomic mass is 16.6. The fourth-order valence-electron chi connectivity index (χ4n) is 3.39. The molecule has 3 rings (SSSR count). The van der Waals surface area contributed by atoms with Crippen LogP contribution in [0.3, 0.4) is 0 Å². The number of hydrogen-bond donors (Lipinski definition) is 1. The third kappa shape index (κ3) is 2.98. The molecule has 0 radical (unpaired) electrons. The van der Waals surface area contributed by atoms with Gasteiger partial charge in [-0.25, -0.2) is 0 Å². The first-order chi connectivity index (χ1) is 11.2. The highest BCUT2D eigenvalue weighted by Crippen LogP contribution is 2.37. The Hall–Kier alpha value is -2.08. The minimum absolute atomic E-state index is 0.101. The zero-order valence-corrected chi connectivity index (χ0v) is 14.9. The van der Waals surface area contributed by atoms with E-state index < -0.39 is 0 Å². The summed E-state index contributed by atoms with van der Waals surface area (Å²) in [7, 11) is 0. The number of anilines is 1. The van der Waals surface area contributed by atoms with Gasteiger partial charge in [-0.05, 0) is 26.0 Å². The van der Waals surface area contributed by atoms with E-state index in [9.17, 15) is 10.1 Å². The summed E-state index contributed by atoms with van der Waals surface area (Å²) in [6.45, 7) is 12.0. The number of aromatic amines is 1. The molecule has 1 saturated heterocycles. The summed E-state index contributed by atoms with van der Waals surface area (Å²) in [5, 5.41) is 12.1. The first kappa shape index (κ1) is 16.8. The van der Waals surface area contributed by atoms with E-state index in [2.05, 4.69) is 44.5 Å². The smallest absolute Gasteiger partial charge is 0.278 e. The van der Waals surface area contributed by atoms with Crippen LogP contribution in [-0.2, 0) is 10.2 Å². The second kappa shape index (κ2) is 5.77. The molecule has 0 aliphatic carbocycles. The minimum atomic E-state index is -0.309. The lowest BCUT2D eigenvalue weighted by atomic mass is 9.92. The number of nitro benzene ring substituents is 1. The van der Waals surface area contributed by atoms with Crippen molar-refractivity contribution in [2.75, 3.05) is 18.0 Å². The zero-order chi connectivity index (χ0) is 17.6. The molecule has 1 aliphatic rings. The Bertz CT molecular complexity index is 766. The van der Waals surface area contributed by atoms with E-state index >= 15 is 0 Å². The van der Waals surface area contributed by atoms with Crippen molar-refractivity contribution in [2.24, 2.45) is 0 Å². The maximum absolute atomic E-state index is 11.4. The number of rotatable bonds is 2. The lowest BCUT2D eigenvalue weighted by Crippen LogP contribution is -2.45. The molecule has 1 aromatic carbocycles. The third-order valence-corrected chi connectivity index (χ3v) is 4.51. The van der Waals surface area contributed by atoms with Crippen molar-refractivity contribution in [1.29, 1.82) is 0 Å². The average molecular weight is 331 g/mol. The van der Waals surface area contributed by atoms with Crippen LogP contribution < -0.4 is 4.90 Å². The van der Waals surface area contributed by atoms with E-state index in [0.29, 0.717) is 5.39 Å².